The summed E-state index contributed by atoms with van der Waals surface area (Å²) in [5, 5.41) is 8.11. The third kappa shape index (κ3) is 7.32. The van der Waals surface area contributed by atoms with Gasteiger partial charge < -0.3 is 20.7 Å². The molecule has 2 fully saturated rings. The molecular weight excluding hydrogens is 432 g/mol. The summed E-state index contributed by atoms with van der Waals surface area (Å²) in [7, 11) is 0. The number of anilines is 1. The van der Waals surface area contributed by atoms with Crippen molar-refractivity contribution in [2.45, 2.75) is 32.7 Å². The quantitative estimate of drug-likeness (QED) is 0.307. The van der Waals surface area contributed by atoms with E-state index in [0.717, 1.165) is 70.2 Å². The number of hydrogen-bond acceptors (Lipinski definition) is 6. The molecule has 0 saturated carbocycles. The number of rotatable bonds is 10. The maximum absolute atomic E-state index is 11.7. The molecule has 2 aliphatic rings. The summed E-state index contributed by atoms with van der Waals surface area (Å²) in [4.78, 5) is 24.4. The van der Waals surface area contributed by atoms with Crippen LogP contribution in [-0.2, 0) is 16.1 Å². The fraction of sp³-hybridized carbons (Fsp3) is 0.619. The van der Waals surface area contributed by atoms with Crippen molar-refractivity contribution in [3.63, 3.8) is 0 Å². The molecule has 0 aliphatic carbocycles. The summed E-state index contributed by atoms with van der Waals surface area (Å²) in [6.07, 6.45) is 7.12. The van der Waals surface area contributed by atoms with Gasteiger partial charge in [0.25, 0.3) is 0 Å². The Labute approximate surface area is 194 Å². The molecule has 1 aromatic rings. The van der Waals surface area contributed by atoms with Crippen molar-refractivity contribution in [3.05, 3.63) is 23.1 Å². The van der Waals surface area contributed by atoms with Gasteiger partial charge in [0.2, 0.25) is 5.91 Å². The number of aryl methyl sites for hydroxylation is 1. The monoisotopic (exact) mass is 464 g/mol. The van der Waals surface area contributed by atoms with Crippen LogP contribution in [0, 0.1) is 6.92 Å². The molecule has 0 radical (unpaired) electrons. The summed E-state index contributed by atoms with van der Waals surface area (Å²) < 4.78 is 7.32. The van der Waals surface area contributed by atoms with Crippen LogP contribution in [-0.4, -0.2) is 90.1 Å². The lowest BCUT2D eigenvalue weighted by Crippen LogP contribution is -2.38. The number of morpholine rings is 1. The molecule has 32 heavy (non-hydrogen) atoms. The smallest absolute Gasteiger partial charge is 0.222 e. The van der Waals surface area contributed by atoms with E-state index in [9.17, 15) is 4.79 Å². The minimum absolute atomic E-state index is 0.220. The Kier molecular flexibility index (Phi) is 9.51. The van der Waals surface area contributed by atoms with Gasteiger partial charge >= 0.3 is 0 Å². The summed E-state index contributed by atoms with van der Waals surface area (Å²) in [6.45, 7) is 9.24. The van der Waals surface area contributed by atoms with Gasteiger partial charge in [0.05, 0.1) is 37.5 Å². The first kappa shape index (κ1) is 24.2. The number of nitrogens with zero attached hydrogens (tertiary/aromatic N) is 6. The van der Waals surface area contributed by atoms with Crippen LogP contribution >= 0.6 is 11.6 Å². The zero-order chi connectivity index (χ0) is 22.8. The first-order chi connectivity index (χ1) is 15.6. The van der Waals surface area contributed by atoms with E-state index < -0.39 is 0 Å². The summed E-state index contributed by atoms with van der Waals surface area (Å²) >= 11 is 6.41. The molecule has 10 nitrogen and oxygen atoms in total. The van der Waals surface area contributed by atoms with Gasteiger partial charge in [-0.1, -0.05) is 11.6 Å². The van der Waals surface area contributed by atoms with Gasteiger partial charge in [-0.25, -0.2) is 4.99 Å². The first-order valence-electron chi connectivity index (χ1n) is 11.1. The van der Waals surface area contributed by atoms with Crippen LogP contribution in [0.2, 0.25) is 0 Å². The van der Waals surface area contributed by atoms with Gasteiger partial charge in [-0.3, -0.25) is 19.4 Å². The number of carbonyl (C=O) groups is 1. The maximum Gasteiger partial charge on any atom is 0.222 e. The lowest BCUT2D eigenvalue weighted by Gasteiger charge is -2.26. The van der Waals surface area contributed by atoms with Crippen LogP contribution in [0.3, 0.4) is 0 Å². The number of hydrogen-bond donors (Lipinski definition) is 2. The largest absolute Gasteiger partial charge is 0.390 e. The molecule has 0 aromatic carbocycles. The first-order valence-corrected chi connectivity index (χ1v) is 11.5. The molecule has 2 aliphatic heterocycles. The second-order valence-corrected chi connectivity index (χ2v) is 8.21. The van der Waals surface area contributed by atoms with Crippen molar-refractivity contribution in [1.29, 1.82) is 0 Å². The predicted octanol–water partition coefficient (Wildman–Crippen LogP) is 1.41. The van der Waals surface area contributed by atoms with Crippen LogP contribution < -0.4 is 11.1 Å². The molecule has 3 N–H and O–H groups in total. The Bertz CT molecular complexity index is 845. The minimum Gasteiger partial charge on any atom is -0.390 e. The van der Waals surface area contributed by atoms with Crippen LogP contribution in [0.25, 0.3) is 0 Å². The fourth-order valence-electron chi connectivity index (χ4n) is 3.68. The Morgan fingerprint density at radius 2 is 2.12 bits per heavy atom. The lowest BCUT2D eigenvalue weighted by molar-refractivity contribution is -0.127. The van der Waals surface area contributed by atoms with Crippen molar-refractivity contribution in [2.24, 2.45) is 15.7 Å². The van der Waals surface area contributed by atoms with E-state index in [2.05, 4.69) is 25.3 Å². The van der Waals surface area contributed by atoms with E-state index in [-0.39, 0.29) is 5.91 Å². The zero-order valence-electron chi connectivity index (χ0n) is 18.7. The van der Waals surface area contributed by atoms with Crippen molar-refractivity contribution in [3.8, 4) is 0 Å². The average Bonchev–Trinajstić information content (AvgIpc) is 3.38. The van der Waals surface area contributed by atoms with Gasteiger partial charge in [0, 0.05) is 58.1 Å². The highest BCUT2D eigenvalue weighted by Gasteiger charge is 2.19. The lowest BCUT2D eigenvalue weighted by atomic mass is 10.4. The van der Waals surface area contributed by atoms with Crippen molar-refractivity contribution >= 4 is 35.4 Å². The molecule has 0 atom stereocenters. The highest BCUT2D eigenvalue weighted by Crippen LogP contribution is 2.15. The molecule has 0 spiro atoms. The molecule has 1 aromatic heterocycles. The number of amides is 1. The highest BCUT2D eigenvalue weighted by molar-refractivity contribution is 6.43. The third-order valence-electron chi connectivity index (χ3n) is 5.48. The maximum atomic E-state index is 11.7. The van der Waals surface area contributed by atoms with Crippen LogP contribution in [0.15, 0.2) is 27.4 Å². The van der Waals surface area contributed by atoms with Gasteiger partial charge in [0.15, 0.2) is 5.84 Å². The van der Waals surface area contributed by atoms with Gasteiger partial charge in [-0.2, -0.15) is 5.10 Å². The van der Waals surface area contributed by atoms with Crippen molar-refractivity contribution in [1.82, 2.24) is 19.6 Å². The third-order valence-corrected chi connectivity index (χ3v) is 5.76. The predicted molar refractivity (Wildman–Crippen MR) is 127 cm³/mol. The molecular formula is C21H33ClN8O2. The van der Waals surface area contributed by atoms with Crippen LogP contribution in [0.1, 0.15) is 25.0 Å². The number of nitrogens with one attached hydrogen (secondary N) is 1. The molecule has 3 heterocycles. The molecule has 0 bridgehead atoms. The normalized spacial score (nSPS) is 18.8. The molecule has 0 unspecified atom stereocenters. The number of carbonyl (C=O) groups excluding carboxylic acids is 1. The van der Waals surface area contributed by atoms with Gasteiger partial charge in [0.1, 0.15) is 5.03 Å². The number of aromatic nitrogens is 2. The van der Waals surface area contributed by atoms with E-state index in [1.54, 1.807) is 6.20 Å². The van der Waals surface area contributed by atoms with Crippen LogP contribution in [0.5, 0.6) is 0 Å². The summed E-state index contributed by atoms with van der Waals surface area (Å²) in [5.41, 5.74) is 7.21. The second-order valence-electron chi connectivity index (χ2n) is 7.80. The highest BCUT2D eigenvalue weighted by atomic mass is 35.5. The molecule has 3 rings (SSSR count). The number of aliphatic imine (C=N–C) groups is 2. The summed E-state index contributed by atoms with van der Waals surface area (Å²) in [5.74, 6) is 0.573. The number of halogens is 1. The van der Waals surface area contributed by atoms with E-state index in [1.807, 2.05) is 22.7 Å². The summed E-state index contributed by atoms with van der Waals surface area (Å²) in [6, 6.07) is 0. The standard InChI is InChI=1S/C21H33ClN8O2/c1-17-19(15-30(27-17)9-8-28-10-12-32-13-11-28)25-14-18(22)21(26-16-23)24-5-3-7-29-6-2-4-20(29)31/h14-16,25H,2-13H2,1H3,(H2,23,24,26). The van der Waals surface area contributed by atoms with E-state index in [4.69, 9.17) is 22.1 Å². The number of amidine groups is 1. The zero-order valence-corrected chi connectivity index (χ0v) is 19.4. The fourth-order valence-corrected chi connectivity index (χ4v) is 3.85. The van der Waals surface area contributed by atoms with E-state index in [1.165, 1.54) is 6.34 Å². The molecule has 176 valence electrons. The number of likely N-dealkylation sites (tertiary alicyclic amines) is 1. The van der Waals surface area contributed by atoms with Crippen LogP contribution in [0.4, 0.5) is 5.69 Å². The average molecular weight is 465 g/mol. The van der Waals surface area contributed by atoms with E-state index in [0.29, 0.717) is 30.4 Å². The Morgan fingerprint density at radius 3 is 2.84 bits per heavy atom. The topological polar surface area (TPSA) is 113 Å². The SMILES string of the molecule is Cc1nn(CCN2CCOCC2)cc1NC=C(Cl)C(N=CN)=NCCCN1CCCC1=O. The second kappa shape index (κ2) is 12.6. The molecule has 11 heteroatoms. The van der Waals surface area contributed by atoms with Crippen molar-refractivity contribution < 1.29 is 9.53 Å². The molecule has 2 saturated heterocycles. The Morgan fingerprint density at radius 1 is 1.31 bits per heavy atom. The van der Waals surface area contributed by atoms with E-state index >= 15 is 0 Å². The van der Waals surface area contributed by atoms with Gasteiger partial charge in [-0.15, -0.1) is 0 Å². The number of ether oxygens (including phenoxy) is 1. The Hall–Kier alpha value is -2.43. The minimum atomic E-state index is 0.220. The number of nitrogens with two attached hydrogens (primary N) is 1. The van der Waals surface area contributed by atoms with Gasteiger partial charge in [-0.05, 0) is 19.8 Å². The molecule has 1 amide bonds. The van der Waals surface area contributed by atoms with Crippen molar-refractivity contribution in [2.75, 3.05) is 57.8 Å². The Balaban J connectivity index is 1.51.